The lowest BCUT2D eigenvalue weighted by Gasteiger charge is -2.26. The fraction of sp³-hybridized carbons (Fsp3) is 0.333. The minimum absolute atomic E-state index is 0.0964. The summed E-state index contributed by atoms with van der Waals surface area (Å²) in [4.78, 5) is 24.8. The average molecular weight is 253 g/mol. The lowest BCUT2D eigenvalue weighted by molar-refractivity contribution is -0.120. The van der Waals surface area contributed by atoms with Crippen LogP contribution >= 0.6 is 11.6 Å². The molecule has 1 aliphatic heterocycles. The number of likely N-dealkylation sites (tertiary alicyclic amines) is 1. The third-order valence-corrected chi connectivity index (χ3v) is 3.20. The summed E-state index contributed by atoms with van der Waals surface area (Å²) in [6, 6.07) is 4.83. The standard InChI is InChI=1S/C12H13ClN2O2/c13-10-2-1-8(7-11(10)14)12(17)15-5-3-9(16)4-6-15/h1-2,7H,3-6,14H2. The van der Waals surface area contributed by atoms with Gasteiger partial charge in [0.15, 0.2) is 0 Å². The lowest BCUT2D eigenvalue weighted by Crippen LogP contribution is -2.38. The van der Waals surface area contributed by atoms with Crippen molar-refractivity contribution in [3.05, 3.63) is 28.8 Å². The molecule has 1 saturated heterocycles. The summed E-state index contributed by atoms with van der Waals surface area (Å²) < 4.78 is 0. The van der Waals surface area contributed by atoms with Crippen LogP contribution in [-0.4, -0.2) is 29.7 Å². The third-order valence-electron chi connectivity index (χ3n) is 2.85. The normalized spacial score (nSPS) is 16.1. The Morgan fingerprint density at radius 3 is 2.53 bits per heavy atom. The molecule has 2 N–H and O–H groups in total. The molecule has 0 bridgehead atoms. The molecule has 0 saturated carbocycles. The number of carbonyl (C=O) groups excluding carboxylic acids is 2. The number of nitrogens with two attached hydrogens (primary N) is 1. The van der Waals surface area contributed by atoms with E-state index in [-0.39, 0.29) is 11.7 Å². The molecular formula is C12H13ClN2O2. The van der Waals surface area contributed by atoms with Crippen LogP contribution in [0.15, 0.2) is 18.2 Å². The molecule has 2 rings (SSSR count). The minimum atomic E-state index is -0.0964. The monoisotopic (exact) mass is 252 g/mol. The predicted molar refractivity (Wildman–Crippen MR) is 66.0 cm³/mol. The van der Waals surface area contributed by atoms with Gasteiger partial charge in [0, 0.05) is 31.5 Å². The molecule has 0 aliphatic carbocycles. The van der Waals surface area contributed by atoms with E-state index in [9.17, 15) is 9.59 Å². The topological polar surface area (TPSA) is 63.4 Å². The van der Waals surface area contributed by atoms with Gasteiger partial charge in [-0.05, 0) is 18.2 Å². The number of ketones is 1. The summed E-state index contributed by atoms with van der Waals surface area (Å²) in [5.41, 5.74) is 6.56. The van der Waals surface area contributed by atoms with Crippen molar-refractivity contribution in [2.75, 3.05) is 18.8 Å². The first kappa shape index (κ1) is 11.9. The fourth-order valence-electron chi connectivity index (χ4n) is 1.82. The molecule has 90 valence electrons. The second kappa shape index (κ2) is 4.75. The van der Waals surface area contributed by atoms with Crippen LogP contribution in [0.3, 0.4) is 0 Å². The Balaban J connectivity index is 2.14. The largest absolute Gasteiger partial charge is 0.398 e. The van der Waals surface area contributed by atoms with E-state index < -0.39 is 0 Å². The number of piperidine rings is 1. The first-order chi connectivity index (χ1) is 8.08. The third kappa shape index (κ3) is 2.58. The summed E-state index contributed by atoms with van der Waals surface area (Å²) in [5.74, 6) is 0.116. The zero-order valence-electron chi connectivity index (χ0n) is 9.28. The van der Waals surface area contributed by atoms with Crippen LogP contribution in [0.2, 0.25) is 5.02 Å². The van der Waals surface area contributed by atoms with Crippen molar-refractivity contribution in [3.63, 3.8) is 0 Å². The maximum Gasteiger partial charge on any atom is 0.253 e. The second-order valence-electron chi connectivity index (χ2n) is 4.07. The molecule has 5 heteroatoms. The SMILES string of the molecule is Nc1cc(C(=O)N2CCC(=O)CC2)ccc1Cl. The van der Waals surface area contributed by atoms with Gasteiger partial charge in [0.1, 0.15) is 5.78 Å². The maximum absolute atomic E-state index is 12.1. The molecule has 1 amide bonds. The van der Waals surface area contributed by atoms with Crippen molar-refractivity contribution in [1.82, 2.24) is 4.90 Å². The molecule has 4 nitrogen and oxygen atoms in total. The molecule has 0 aromatic heterocycles. The Morgan fingerprint density at radius 1 is 1.29 bits per heavy atom. The smallest absolute Gasteiger partial charge is 0.253 e. The summed E-state index contributed by atoms with van der Waals surface area (Å²) in [5, 5.41) is 0.440. The van der Waals surface area contributed by atoms with Crippen molar-refractivity contribution in [1.29, 1.82) is 0 Å². The molecule has 1 aromatic carbocycles. The number of hydrogen-bond donors (Lipinski definition) is 1. The zero-order valence-corrected chi connectivity index (χ0v) is 10.0. The number of halogens is 1. The van der Waals surface area contributed by atoms with Gasteiger partial charge in [0.2, 0.25) is 0 Å². The van der Waals surface area contributed by atoms with Gasteiger partial charge in [0.05, 0.1) is 10.7 Å². The molecule has 0 radical (unpaired) electrons. The van der Waals surface area contributed by atoms with Crippen LogP contribution < -0.4 is 5.73 Å². The zero-order chi connectivity index (χ0) is 12.4. The number of rotatable bonds is 1. The molecule has 0 atom stereocenters. The van der Waals surface area contributed by atoms with E-state index in [2.05, 4.69) is 0 Å². The molecule has 17 heavy (non-hydrogen) atoms. The first-order valence-corrected chi connectivity index (χ1v) is 5.82. The van der Waals surface area contributed by atoms with E-state index in [0.717, 1.165) is 0 Å². The first-order valence-electron chi connectivity index (χ1n) is 5.44. The Morgan fingerprint density at radius 2 is 1.94 bits per heavy atom. The number of nitrogens with zero attached hydrogens (tertiary/aromatic N) is 1. The number of benzene rings is 1. The molecule has 1 aliphatic rings. The van der Waals surface area contributed by atoms with Gasteiger partial charge in [-0.25, -0.2) is 0 Å². The Kier molecular flexibility index (Phi) is 3.33. The number of Topliss-reactive ketones (excluding diaryl/α,β-unsaturated/α-hetero) is 1. The second-order valence-corrected chi connectivity index (χ2v) is 4.47. The number of anilines is 1. The van der Waals surface area contributed by atoms with E-state index >= 15 is 0 Å². The molecular weight excluding hydrogens is 240 g/mol. The summed E-state index contributed by atoms with van der Waals surface area (Å²) in [7, 11) is 0. The summed E-state index contributed by atoms with van der Waals surface area (Å²) in [6.07, 6.45) is 0.879. The van der Waals surface area contributed by atoms with Crippen molar-refractivity contribution in [2.45, 2.75) is 12.8 Å². The highest BCUT2D eigenvalue weighted by molar-refractivity contribution is 6.33. The van der Waals surface area contributed by atoms with Gasteiger partial charge >= 0.3 is 0 Å². The molecule has 1 aromatic rings. The van der Waals surface area contributed by atoms with E-state index in [1.807, 2.05) is 0 Å². The lowest BCUT2D eigenvalue weighted by atomic mass is 10.1. The van der Waals surface area contributed by atoms with E-state index in [1.54, 1.807) is 23.1 Å². The summed E-state index contributed by atoms with van der Waals surface area (Å²) in [6.45, 7) is 0.973. The van der Waals surface area contributed by atoms with Gasteiger partial charge in [-0.1, -0.05) is 11.6 Å². The van der Waals surface area contributed by atoms with E-state index in [4.69, 9.17) is 17.3 Å². The minimum Gasteiger partial charge on any atom is -0.398 e. The number of carbonyl (C=O) groups is 2. The molecule has 0 unspecified atom stereocenters. The highest BCUT2D eigenvalue weighted by atomic mass is 35.5. The van der Waals surface area contributed by atoms with Crippen LogP contribution in [0.5, 0.6) is 0 Å². The van der Waals surface area contributed by atoms with Crippen LogP contribution in [0.4, 0.5) is 5.69 Å². The number of hydrogen-bond acceptors (Lipinski definition) is 3. The fourth-order valence-corrected chi connectivity index (χ4v) is 1.94. The predicted octanol–water partition coefficient (Wildman–Crippen LogP) is 1.73. The van der Waals surface area contributed by atoms with Crippen molar-refractivity contribution < 1.29 is 9.59 Å². The van der Waals surface area contributed by atoms with Crippen LogP contribution in [0.1, 0.15) is 23.2 Å². The van der Waals surface area contributed by atoms with Crippen molar-refractivity contribution in [3.8, 4) is 0 Å². The maximum atomic E-state index is 12.1. The number of nitrogen functional groups attached to an aromatic ring is 1. The number of amides is 1. The van der Waals surface area contributed by atoms with Crippen LogP contribution in [0, 0.1) is 0 Å². The highest BCUT2D eigenvalue weighted by Crippen LogP contribution is 2.21. The average Bonchev–Trinajstić information content (AvgIpc) is 2.33. The van der Waals surface area contributed by atoms with Gasteiger partial charge < -0.3 is 10.6 Å². The van der Waals surface area contributed by atoms with Crippen LogP contribution in [0.25, 0.3) is 0 Å². The van der Waals surface area contributed by atoms with Crippen molar-refractivity contribution in [2.24, 2.45) is 0 Å². The highest BCUT2D eigenvalue weighted by Gasteiger charge is 2.21. The Hall–Kier alpha value is -1.55. The van der Waals surface area contributed by atoms with Gasteiger partial charge in [-0.2, -0.15) is 0 Å². The van der Waals surface area contributed by atoms with E-state index in [0.29, 0.717) is 42.2 Å². The van der Waals surface area contributed by atoms with Gasteiger partial charge in [0.25, 0.3) is 5.91 Å². The van der Waals surface area contributed by atoms with Crippen molar-refractivity contribution >= 4 is 29.0 Å². The molecule has 0 spiro atoms. The molecule has 1 fully saturated rings. The van der Waals surface area contributed by atoms with Gasteiger partial charge in [-0.3, -0.25) is 9.59 Å². The molecule has 1 heterocycles. The Labute approximate surface area is 104 Å². The summed E-state index contributed by atoms with van der Waals surface area (Å²) >= 11 is 5.80. The van der Waals surface area contributed by atoms with E-state index in [1.165, 1.54) is 0 Å². The quantitative estimate of drug-likeness (QED) is 0.774. The van der Waals surface area contributed by atoms with Gasteiger partial charge in [-0.15, -0.1) is 0 Å². The van der Waals surface area contributed by atoms with Crippen LogP contribution in [-0.2, 0) is 4.79 Å². The Bertz CT molecular complexity index is 464.